The molecule has 0 atom stereocenters. The van der Waals surface area contributed by atoms with Crippen molar-refractivity contribution in [1.82, 2.24) is 19.7 Å². The summed E-state index contributed by atoms with van der Waals surface area (Å²) in [6, 6.07) is 11.4. The molecular formula is C19H22N4O3S. The number of ether oxygens (including phenoxy) is 1. The molecule has 1 amide bonds. The highest BCUT2D eigenvalue weighted by Gasteiger charge is 2.17. The second kappa shape index (κ2) is 8.77. The Hall–Kier alpha value is -2.74. The van der Waals surface area contributed by atoms with E-state index in [1.54, 1.807) is 25.3 Å². The standard InChI is InChI=1S/C19H22N4O3S/c1-4-23-18(16-9-6-10-26-16)20-21-19(23)27-13-17(24)22(2)12-14-7-5-8-15(11-14)25-3/h5-11H,4,12-13H2,1-3H3. The zero-order chi connectivity index (χ0) is 19.2. The molecule has 0 N–H and O–H groups in total. The van der Waals surface area contributed by atoms with Gasteiger partial charge in [0, 0.05) is 20.1 Å². The van der Waals surface area contributed by atoms with Crippen LogP contribution in [0.4, 0.5) is 0 Å². The molecule has 8 heteroatoms. The molecule has 0 radical (unpaired) electrons. The van der Waals surface area contributed by atoms with Gasteiger partial charge < -0.3 is 14.1 Å². The number of thioether (sulfide) groups is 1. The largest absolute Gasteiger partial charge is 0.497 e. The number of rotatable bonds is 8. The fourth-order valence-electron chi connectivity index (χ4n) is 2.64. The van der Waals surface area contributed by atoms with E-state index in [1.807, 2.05) is 47.9 Å². The summed E-state index contributed by atoms with van der Waals surface area (Å²) in [5.74, 6) is 2.42. The van der Waals surface area contributed by atoms with Crippen LogP contribution in [0.1, 0.15) is 12.5 Å². The van der Waals surface area contributed by atoms with Gasteiger partial charge in [-0.1, -0.05) is 23.9 Å². The van der Waals surface area contributed by atoms with Crippen LogP contribution in [0.15, 0.2) is 52.2 Å². The molecule has 0 saturated carbocycles. The van der Waals surface area contributed by atoms with Crippen molar-refractivity contribution in [3.8, 4) is 17.3 Å². The monoisotopic (exact) mass is 386 g/mol. The normalized spacial score (nSPS) is 10.8. The van der Waals surface area contributed by atoms with Gasteiger partial charge in [-0.3, -0.25) is 9.36 Å². The maximum Gasteiger partial charge on any atom is 0.233 e. The minimum absolute atomic E-state index is 0.0213. The van der Waals surface area contributed by atoms with E-state index in [-0.39, 0.29) is 11.7 Å². The third-order valence-electron chi connectivity index (χ3n) is 4.08. The van der Waals surface area contributed by atoms with Crippen molar-refractivity contribution in [2.45, 2.75) is 25.2 Å². The molecule has 2 heterocycles. The number of benzene rings is 1. The molecule has 0 aliphatic carbocycles. The van der Waals surface area contributed by atoms with Crippen molar-refractivity contribution in [3.05, 3.63) is 48.2 Å². The van der Waals surface area contributed by atoms with Crippen LogP contribution in [0.25, 0.3) is 11.6 Å². The molecule has 0 bridgehead atoms. The lowest BCUT2D eigenvalue weighted by molar-refractivity contribution is -0.127. The summed E-state index contributed by atoms with van der Waals surface area (Å²) >= 11 is 1.38. The summed E-state index contributed by atoms with van der Waals surface area (Å²) in [6.45, 7) is 3.23. The fraction of sp³-hybridized carbons (Fsp3) is 0.316. The number of furan rings is 1. The van der Waals surface area contributed by atoms with Gasteiger partial charge in [-0.05, 0) is 36.8 Å². The van der Waals surface area contributed by atoms with E-state index in [2.05, 4.69) is 10.2 Å². The van der Waals surface area contributed by atoms with Crippen LogP contribution in [0.3, 0.4) is 0 Å². The first kappa shape index (κ1) is 19.0. The lowest BCUT2D eigenvalue weighted by Gasteiger charge is -2.17. The Bertz CT molecular complexity index is 892. The predicted molar refractivity (Wildman–Crippen MR) is 104 cm³/mol. The van der Waals surface area contributed by atoms with E-state index in [0.29, 0.717) is 29.8 Å². The predicted octanol–water partition coefficient (Wildman–Crippen LogP) is 3.32. The Balaban J connectivity index is 1.61. The van der Waals surface area contributed by atoms with Gasteiger partial charge in [-0.15, -0.1) is 10.2 Å². The van der Waals surface area contributed by atoms with Gasteiger partial charge in [0.25, 0.3) is 0 Å². The highest BCUT2D eigenvalue weighted by Crippen LogP contribution is 2.24. The maximum atomic E-state index is 12.5. The van der Waals surface area contributed by atoms with Crippen LogP contribution in [-0.2, 0) is 17.9 Å². The number of carbonyl (C=O) groups excluding carboxylic acids is 1. The molecule has 2 aromatic heterocycles. The summed E-state index contributed by atoms with van der Waals surface area (Å²) in [5.41, 5.74) is 1.02. The molecule has 3 aromatic rings. The molecule has 27 heavy (non-hydrogen) atoms. The Morgan fingerprint density at radius 2 is 2.15 bits per heavy atom. The van der Waals surface area contributed by atoms with Crippen molar-refractivity contribution in [2.24, 2.45) is 0 Å². The van der Waals surface area contributed by atoms with E-state index >= 15 is 0 Å². The van der Waals surface area contributed by atoms with Crippen LogP contribution in [-0.4, -0.2) is 45.5 Å². The molecule has 3 rings (SSSR count). The van der Waals surface area contributed by atoms with Gasteiger partial charge in [0.15, 0.2) is 16.7 Å². The van der Waals surface area contributed by atoms with Crippen molar-refractivity contribution in [2.75, 3.05) is 19.9 Å². The number of hydrogen-bond acceptors (Lipinski definition) is 6. The molecule has 1 aromatic carbocycles. The van der Waals surface area contributed by atoms with Crippen LogP contribution in [0.5, 0.6) is 5.75 Å². The van der Waals surface area contributed by atoms with E-state index in [0.717, 1.165) is 11.3 Å². The van der Waals surface area contributed by atoms with Crippen LogP contribution in [0, 0.1) is 0 Å². The topological polar surface area (TPSA) is 73.4 Å². The molecule has 0 saturated heterocycles. The van der Waals surface area contributed by atoms with Crippen molar-refractivity contribution >= 4 is 17.7 Å². The van der Waals surface area contributed by atoms with E-state index in [9.17, 15) is 4.79 Å². The number of amides is 1. The summed E-state index contributed by atoms with van der Waals surface area (Å²) in [4.78, 5) is 14.2. The molecule has 0 spiro atoms. The first-order valence-corrected chi connectivity index (χ1v) is 9.57. The third-order valence-corrected chi connectivity index (χ3v) is 5.03. The summed E-state index contributed by atoms with van der Waals surface area (Å²) in [5, 5.41) is 9.11. The number of methoxy groups -OCH3 is 1. The summed E-state index contributed by atoms with van der Waals surface area (Å²) in [7, 11) is 3.42. The second-order valence-corrected chi connectivity index (χ2v) is 6.86. The molecule has 7 nitrogen and oxygen atoms in total. The minimum Gasteiger partial charge on any atom is -0.497 e. The Morgan fingerprint density at radius 3 is 2.85 bits per heavy atom. The van der Waals surface area contributed by atoms with Gasteiger partial charge in [0.1, 0.15) is 5.75 Å². The Kier molecular flexibility index (Phi) is 6.18. The minimum atomic E-state index is 0.0213. The first-order chi connectivity index (χ1) is 13.1. The van der Waals surface area contributed by atoms with E-state index in [1.165, 1.54) is 11.8 Å². The molecule has 0 unspecified atom stereocenters. The average molecular weight is 386 g/mol. The van der Waals surface area contributed by atoms with Crippen LogP contribution < -0.4 is 4.74 Å². The third kappa shape index (κ3) is 4.51. The SMILES string of the molecule is CCn1c(SCC(=O)N(C)Cc2cccc(OC)c2)nnc1-c1ccco1. The fourth-order valence-corrected chi connectivity index (χ4v) is 3.58. The average Bonchev–Trinajstić information content (AvgIpc) is 3.35. The van der Waals surface area contributed by atoms with E-state index < -0.39 is 0 Å². The maximum absolute atomic E-state index is 12.5. The number of nitrogens with zero attached hydrogens (tertiary/aromatic N) is 4. The highest BCUT2D eigenvalue weighted by atomic mass is 32.2. The van der Waals surface area contributed by atoms with Gasteiger partial charge in [-0.25, -0.2) is 0 Å². The second-order valence-electron chi connectivity index (χ2n) is 5.92. The van der Waals surface area contributed by atoms with E-state index in [4.69, 9.17) is 9.15 Å². The summed E-state index contributed by atoms with van der Waals surface area (Å²) in [6.07, 6.45) is 1.61. The smallest absolute Gasteiger partial charge is 0.233 e. The zero-order valence-corrected chi connectivity index (χ0v) is 16.4. The molecular weight excluding hydrogens is 364 g/mol. The highest BCUT2D eigenvalue weighted by molar-refractivity contribution is 7.99. The van der Waals surface area contributed by atoms with Crippen molar-refractivity contribution < 1.29 is 13.9 Å². The Morgan fingerprint density at radius 1 is 1.30 bits per heavy atom. The molecule has 0 aliphatic rings. The van der Waals surface area contributed by atoms with Crippen molar-refractivity contribution in [3.63, 3.8) is 0 Å². The van der Waals surface area contributed by atoms with Gasteiger partial charge in [-0.2, -0.15) is 0 Å². The van der Waals surface area contributed by atoms with Crippen LogP contribution >= 0.6 is 11.8 Å². The lowest BCUT2D eigenvalue weighted by Crippen LogP contribution is -2.27. The summed E-state index contributed by atoms with van der Waals surface area (Å²) < 4.78 is 12.6. The van der Waals surface area contributed by atoms with Crippen molar-refractivity contribution in [1.29, 1.82) is 0 Å². The quantitative estimate of drug-likeness (QED) is 0.553. The molecule has 0 aliphatic heterocycles. The van der Waals surface area contributed by atoms with Gasteiger partial charge in [0.2, 0.25) is 5.91 Å². The Labute approximate surface area is 162 Å². The molecule has 142 valence electrons. The zero-order valence-electron chi connectivity index (χ0n) is 15.6. The number of carbonyl (C=O) groups is 1. The van der Waals surface area contributed by atoms with Gasteiger partial charge >= 0.3 is 0 Å². The first-order valence-electron chi connectivity index (χ1n) is 8.59. The lowest BCUT2D eigenvalue weighted by atomic mass is 10.2. The number of aromatic nitrogens is 3. The number of hydrogen-bond donors (Lipinski definition) is 0. The van der Waals surface area contributed by atoms with Gasteiger partial charge in [0.05, 0.1) is 19.1 Å². The van der Waals surface area contributed by atoms with Crippen LogP contribution in [0.2, 0.25) is 0 Å². The molecule has 0 fully saturated rings.